The number of ether oxygens (including phenoxy) is 1. The maximum Gasteiger partial charge on any atom is 0.320 e. The Morgan fingerprint density at radius 2 is 1.84 bits per heavy atom. The Morgan fingerprint density at radius 1 is 1.11 bits per heavy atom. The number of likely N-dealkylation sites (tertiary alicyclic amines) is 1. The molecular formula is C28H28ClFN6O2. The van der Waals surface area contributed by atoms with Gasteiger partial charge < -0.3 is 10.1 Å². The topological polar surface area (TPSA) is 84.3 Å². The van der Waals surface area contributed by atoms with Crippen LogP contribution in [-0.2, 0) is 4.74 Å². The number of aromatic nitrogens is 3. The average Bonchev–Trinajstić information content (AvgIpc) is 3.49. The Labute approximate surface area is 225 Å². The van der Waals surface area contributed by atoms with Crippen LogP contribution >= 0.6 is 11.6 Å². The number of rotatable bonds is 8. The van der Waals surface area contributed by atoms with Crippen LogP contribution in [0.15, 0.2) is 79.1 Å². The summed E-state index contributed by atoms with van der Waals surface area (Å²) in [5, 5.41) is 11.0. The summed E-state index contributed by atoms with van der Waals surface area (Å²) in [6.45, 7) is 2.48. The first kappa shape index (κ1) is 25.8. The van der Waals surface area contributed by atoms with Crippen LogP contribution in [0.3, 0.4) is 0 Å². The number of nitrogens with zero attached hydrogens (tertiary/aromatic N) is 4. The van der Waals surface area contributed by atoms with Crippen LogP contribution in [0.5, 0.6) is 0 Å². The van der Waals surface area contributed by atoms with Gasteiger partial charge in [-0.15, -0.1) is 0 Å². The number of methoxy groups -OCH3 is 1. The maximum atomic E-state index is 14.0. The van der Waals surface area contributed by atoms with Gasteiger partial charge in [-0.25, -0.2) is 13.9 Å². The molecule has 1 aliphatic rings. The first-order valence-electron chi connectivity index (χ1n) is 12.3. The molecule has 0 spiro atoms. The minimum absolute atomic E-state index is 0.143. The van der Waals surface area contributed by atoms with Crippen LogP contribution in [0, 0.1) is 5.82 Å². The molecule has 1 fully saturated rings. The molecular weight excluding hydrogens is 507 g/mol. The van der Waals surface area contributed by atoms with Crippen LogP contribution in [0.2, 0.25) is 5.02 Å². The second-order valence-corrected chi connectivity index (χ2v) is 9.50. The van der Waals surface area contributed by atoms with E-state index in [0.717, 1.165) is 16.8 Å². The van der Waals surface area contributed by atoms with Crippen LogP contribution in [-0.4, -0.2) is 65.1 Å². The molecule has 2 N–H and O–H groups in total. The highest BCUT2D eigenvalue weighted by atomic mass is 35.5. The van der Waals surface area contributed by atoms with E-state index in [-0.39, 0.29) is 12.0 Å². The Hall–Kier alpha value is -3.79. The average molecular weight is 535 g/mol. The molecule has 1 aliphatic heterocycles. The summed E-state index contributed by atoms with van der Waals surface area (Å²) in [4.78, 5) is 19.5. The van der Waals surface area contributed by atoms with Crippen molar-refractivity contribution in [2.75, 3.05) is 38.7 Å². The number of para-hydroxylation sites is 1. The molecule has 0 unspecified atom stereocenters. The Bertz CT molecular complexity index is 1380. The number of pyridine rings is 1. The van der Waals surface area contributed by atoms with Gasteiger partial charge >= 0.3 is 6.03 Å². The van der Waals surface area contributed by atoms with Crippen LogP contribution in [0.25, 0.3) is 16.9 Å². The molecule has 5 rings (SSSR count). The lowest BCUT2D eigenvalue weighted by atomic mass is 9.96. The normalized spacial score (nSPS) is 17.4. The third-order valence-electron chi connectivity index (χ3n) is 6.59. The van der Waals surface area contributed by atoms with Crippen molar-refractivity contribution in [2.45, 2.75) is 12.0 Å². The number of hydrogen-bond acceptors (Lipinski definition) is 5. The maximum absolute atomic E-state index is 14.0. The van der Waals surface area contributed by atoms with Gasteiger partial charge in [0.25, 0.3) is 0 Å². The highest BCUT2D eigenvalue weighted by Gasteiger charge is 2.35. The highest BCUT2D eigenvalue weighted by Crippen LogP contribution is 2.35. The van der Waals surface area contributed by atoms with Gasteiger partial charge in [-0.3, -0.25) is 15.2 Å². The first-order chi connectivity index (χ1) is 18.5. The zero-order valence-electron chi connectivity index (χ0n) is 20.8. The molecule has 0 radical (unpaired) electrons. The number of benzene rings is 2. The van der Waals surface area contributed by atoms with Gasteiger partial charge in [-0.2, -0.15) is 5.10 Å². The van der Waals surface area contributed by atoms with Crippen molar-refractivity contribution >= 4 is 23.4 Å². The SMILES string of the molecule is COCCN1C[C@@H](NC(=O)Nc2c(Cl)c(-c3ccccc3)nn2-c2ccccc2)[C@H](c2cncc(F)c2)C1. The van der Waals surface area contributed by atoms with Crippen molar-refractivity contribution in [3.05, 3.63) is 95.5 Å². The molecule has 0 aliphatic carbocycles. The summed E-state index contributed by atoms with van der Waals surface area (Å²) in [6.07, 6.45) is 2.82. The molecule has 3 heterocycles. The summed E-state index contributed by atoms with van der Waals surface area (Å²) in [7, 11) is 1.65. The van der Waals surface area contributed by atoms with E-state index in [1.165, 1.54) is 12.3 Å². The summed E-state index contributed by atoms with van der Waals surface area (Å²) in [5.41, 5.74) is 2.87. The monoisotopic (exact) mass is 534 g/mol. The zero-order valence-corrected chi connectivity index (χ0v) is 21.6. The van der Waals surface area contributed by atoms with Gasteiger partial charge in [-0.1, -0.05) is 60.1 Å². The molecule has 4 aromatic rings. The Morgan fingerprint density at radius 3 is 2.55 bits per heavy atom. The summed E-state index contributed by atoms with van der Waals surface area (Å²) >= 11 is 6.80. The lowest BCUT2D eigenvalue weighted by Crippen LogP contribution is -2.42. The van der Waals surface area contributed by atoms with Gasteiger partial charge in [-0.05, 0) is 23.8 Å². The predicted molar refractivity (Wildman–Crippen MR) is 145 cm³/mol. The number of anilines is 1. The van der Waals surface area contributed by atoms with Gasteiger partial charge in [0, 0.05) is 44.4 Å². The fourth-order valence-corrected chi connectivity index (χ4v) is 5.03. The van der Waals surface area contributed by atoms with E-state index in [1.807, 2.05) is 60.7 Å². The standard InChI is InChI=1S/C28H28ClFN6O2/c1-38-13-12-35-17-23(20-14-21(30)16-31-15-20)24(18-35)32-28(37)33-27-25(29)26(19-8-4-2-5-9-19)34-36(27)22-10-6-3-7-11-22/h2-11,14-16,23-24H,12-13,17-18H2,1H3,(H2,32,33,37)/t23-,24+/m0/s1. The third-order valence-corrected chi connectivity index (χ3v) is 6.94. The van der Waals surface area contributed by atoms with Crippen LogP contribution < -0.4 is 10.6 Å². The molecule has 2 amide bonds. The first-order valence-corrected chi connectivity index (χ1v) is 12.7. The number of amides is 2. The number of halogens is 2. The summed E-state index contributed by atoms with van der Waals surface area (Å²) < 4.78 is 20.8. The van der Waals surface area contributed by atoms with E-state index in [1.54, 1.807) is 18.0 Å². The fourth-order valence-electron chi connectivity index (χ4n) is 4.76. The van der Waals surface area contributed by atoms with E-state index in [4.69, 9.17) is 21.4 Å². The molecule has 38 heavy (non-hydrogen) atoms. The lowest BCUT2D eigenvalue weighted by Gasteiger charge is -2.20. The molecule has 1 saturated heterocycles. The zero-order chi connectivity index (χ0) is 26.5. The van der Waals surface area contributed by atoms with Crippen LogP contribution in [0.1, 0.15) is 11.5 Å². The minimum atomic E-state index is -0.434. The lowest BCUT2D eigenvalue weighted by molar-refractivity contribution is 0.159. The van der Waals surface area contributed by atoms with Crippen molar-refractivity contribution in [3.8, 4) is 16.9 Å². The summed E-state index contributed by atoms with van der Waals surface area (Å²) in [5.74, 6) is -0.198. The van der Waals surface area contributed by atoms with E-state index < -0.39 is 11.8 Å². The Balaban J connectivity index is 1.41. The largest absolute Gasteiger partial charge is 0.383 e. The molecule has 10 heteroatoms. The van der Waals surface area contributed by atoms with E-state index >= 15 is 0 Å². The quantitative estimate of drug-likeness (QED) is 0.334. The van der Waals surface area contributed by atoms with Crippen molar-refractivity contribution < 1.29 is 13.9 Å². The molecule has 196 valence electrons. The predicted octanol–water partition coefficient (Wildman–Crippen LogP) is 4.96. The number of nitrogens with one attached hydrogen (secondary N) is 2. The molecule has 0 saturated carbocycles. The fraction of sp³-hybridized carbons (Fsp3) is 0.250. The van der Waals surface area contributed by atoms with Crippen molar-refractivity contribution in [3.63, 3.8) is 0 Å². The van der Waals surface area contributed by atoms with E-state index in [2.05, 4.69) is 20.5 Å². The van der Waals surface area contributed by atoms with Crippen molar-refractivity contribution in [1.82, 2.24) is 25.0 Å². The van der Waals surface area contributed by atoms with Gasteiger partial charge in [0.2, 0.25) is 0 Å². The number of carbonyl (C=O) groups excluding carboxylic acids is 1. The summed E-state index contributed by atoms with van der Waals surface area (Å²) in [6, 6.07) is 19.8. The molecule has 8 nitrogen and oxygen atoms in total. The van der Waals surface area contributed by atoms with Gasteiger partial charge in [0.05, 0.1) is 24.5 Å². The molecule has 0 bridgehead atoms. The third kappa shape index (κ3) is 5.70. The van der Waals surface area contributed by atoms with Crippen molar-refractivity contribution in [2.24, 2.45) is 0 Å². The van der Waals surface area contributed by atoms with Crippen LogP contribution in [0.4, 0.5) is 15.0 Å². The van der Waals surface area contributed by atoms with Gasteiger partial charge in [0.1, 0.15) is 16.5 Å². The number of urea groups is 1. The highest BCUT2D eigenvalue weighted by molar-refractivity contribution is 6.36. The smallest absolute Gasteiger partial charge is 0.320 e. The van der Waals surface area contributed by atoms with Gasteiger partial charge in [0.15, 0.2) is 5.82 Å². The minimum Gasteiger partial charge on any atom is -0.383 e. The van der Waals surface area contributed by atoms with E-state index in [0.29, 0.717) is 42.8 Å². The molecule has 2 aromatic heterocycles. The second-order valence-electron chi connectivity index (χ2n) is 9.12. The molecule has 2 aromatic carbocycles. The second kappa shape index (κ2) is 11.7. The van der Waals surface area contributed by atoms with Crippen molar-refractivity contribution in [1.29, 1.82) is 0 Å². The Kier molecular flexibility index (Phi) is 7.97. The number of hydrogen-bond donors (Lipinski definition) is 2. The number of carbonyl (C=O) groups is 1. The molecule has 2 atom stereocenters. The van der Waals surface area contributed by atoms with E-state index in [9.17, 15) is 9.18 Å².